The molecule has 3 aromatic carbocycles. The molecule has 0 saturated carbocycles. The van der Waals surface area contributed by atoms with E-state index in [0.717, 1.165) is 5.56 Å². The molecule has 0 heterocycles. The molecule has 0 bridgehead atoms. The smallest absolute Gasteiger partial charge is 0.243 e. The maximum Gasteiger partial charge on any atom is 0.243 e. The molecule has 1 amide bonds. The molecular weight excluding hydrogens is 383 g/mol. The van der Waals surface area contributed by atoms with Crippen molar-refractivity contribution in [3.63, 3.8) is 0 Å². The van der Waals surface area contributed by atoms with Gasteiger partial charge in [0.25, 0.3) is 0 Å². The Labute approximate surface area is 168 Å². The van der Waals surface area contributed by atoms with Gasteiger partial charge < -0.3 is 15.4 Å². The average Bonchev–Trinajstić information content (AvgIpc) is 2.65. The highest BCUT2D eigenvalue weighted by atomic mass is 35.5. The third-order valence-corrected chi connectivity index (χ3v) is 4.12. The standard InChI is InChI=1S/C21H18Cl2N2O2/c22-16-9-17(23)11-19(10-16)24-13-21(26)25-18-7-4-8-20(12-18)27-14-15-5-2-1-3-6-15/h1-12,24H,13-14H2,(H,25,26). The summed E-state index contributed by atoms with van der Waals surface area (Å²) in [6, 6.07) is 22.2. The summed E-state index contributed by atoms with van der Waals surface area (Å²) < 4.78 is 5.77. The third kappa shape index (κ3) is 6.20. The van der Waals surface area contributed by atoms with Crippen molar-refractivity contribution >= 4 is 40.5 Å². The van der Waals surface area contributed by atoms with Crippen LogP contribution < -0.4 is 15.4 Å². The molecule has 0 radical (unpaired) electrons. The van der Waals surface area contributed by atoms with Crippen LogP contribution in [0.5, 0.6) is 5.75 Å². The molecular formula is C21H18Cl2N2O2. The topological polar surface area (TPSA) is 50.4 Å². The van der Waals surface area contributed by atoms with Crippen LogP contribution in [0.4, 0.5) is 11.4 Å². The molecule has 4 nitrogen and oxygen atoms in total. The molecule has 3 aromatic rings. The van der Waals surface area contributed by atoms with E-state index < -0.39 is 0 Å². The zero-order valence-corrected chi connectivity index (χ0v) is 15.9. The number of hydrogen-bond acceptors (Lipinski definition) is 3. The number of halogens is 2. The van der Waals surface area contributed by atoms with E-state index in [9.17, 15) is 4.79 Å². The van der Waals surface area contributed by atoms with Crippen LogP contribution in [-0.2, 0) is 11.4 Å². The van der Waals surface area contributed by atoms with E-state index in [2.05, 4.69) is 10.6 Å². The van der Waals surface area contributed by atoms with E-state index in [4.69, 9.17) is 27.9 Å². The Morgan fingerprint density at radius 2 is 1.59 bits per heavy atom. The zero-order valence-electron chi connectivity index (χ0n) is 14.4. The van der Waals surface area contributed by atoms with Gasteiger partial charge in [0.15, 0.2) is 0 Å². The highest BCUT2D eigenvalue weighted by Gasteiger charge is 2.05. The van der Waals surface area contributed by atoms with Gasteiger partial charge in [-0.2, -0.15) is 0 Å². The Morgan fingerprint density at radius 3 is 2.33 bits per heavy atom. The van der Waals surface area contributed by atoms with Gasteiger partial charge in [0, 0.05) is 27.5 Å². The Hall–Kier alpha value is -2.69. The summed E-state index contributed by atoms with van der Waals surface area (Å²) in [5, 5.41) is 6.84. The summed E-state index contributed by atoms with van der Waals surface area (Å²) in [6.45, 7) is 0.557. The number of nitrogens with one attached hydrogen (secondary N) is 2. The van der Waals surface area contributed by atoms with Crippen LogP contribution in [0, 0.1) is 0 Å². The predicted octanol–water partition coefficient (Wildman–Crippen LogP) is 5.62. The van der Waals surface area contributed by atoms with Crippen LogP contribution in [0.3, 0.4) is 0 Å². The van der Waals surface area contributed by atoms with Crippen molar-refractivity contribution in [2.75, 3.05) is 17.2 Å². The minimum Gasteiger partial charge on any atom is -0.489 e. The van der Waals surface area contributed by atoms with E-state index in [1.807, 2.05) is 48.5 Å². The number of amides is 1. The van der Waals surface area contributed by atoms with Crippen molar-refractivity contribution in [3.05, 3.63) is 88.4 Å². The van der Waals surface area contributed by atoms with Crippen LogP contribution in [-0.4, -0.2) is 12.5 Å². The van der Waals surface area contributed by atoms with Gasteiger partial charge in [0.05, 0.1) is 6.54 Å². The van der Waals surface area contributed by atoms with E-state index in [1.165, 1.54) is 0 Å². The Kier molecular flexibility index (Phi) is 6.58. The summed E-state index contributed by atoms with van der Waals surface area (Å²) >= 11 is 11.9. The second-order valence-corrected chi connectivity index (χ2v) is 6.73. The van der Waals surface area contributed by atoms with Crippen LogP contribution in [0.15, 0.2) is 72.8 Å². The van der Waals surface area contributed by atoms with Crippen LogP contribution in [0.25, 0.3) is 0 Å². The normalized spacial score (nSPS) is 10.3. The van der Waals surface area contributed by atoms with Crippen LogP contribution >= 0.6 is 23.2 Å². The molecule has 0 spiro atoms. The average molecular weight is 401 g/mol. The monoisotopic (exact) mass is 400 g/mol. The third-order valence-electron chi connectivity index (χ3n) is 3.68. The van der Waals surface area contributed by atoms with Crippen LogP contribution in [0.1, 0.15) is 5.56 Å². The van der Waals surface area contributed by atoms with Gasteiger partial charge in [-0.3, -0.25) is 4.79 Å². The highest BCUT2D eigenvalue weighted by molar-refractivity contribution is 6.35. The quantitative estimate of drug-likeness (QED) is 0.540. The Balaban J connectivity index is 1.53. The van der Waals surface area contributed by atoms with Crippen molar-refractivity contribution in [1.29, 1.82) is 0 Å². The fourth-order valence-electron chi connectivity index (χ4n) is 2.45. The number of anilines is 2. The van der Waals surface area contributed by atoms with Gasteiger partial charge in [-0.25, -0.2) is 0 Å². The molecule has 0 fully saturated rings. The molecule has 0 unspecified atom stereocenters. The fourth-order valence-corrected chi connectivity index (χ4v) is 2.97. The summed E-state index contributed by atoms with van der Waals surface area (Å²) in [7, 11) is 0. The summed E-state index contributed by atoms with van der Waals surface area (Å²) in [4.78, 5) is 12.2. The molecule has 0 aliphatic rings. The molecule has 0 saturated heterocycles. The number of ether oxygens (including phenoxy) is 1. The second kappa shape index (κ2) is 9.31. The van der Waals surface area contributed by atoms with Gasteiger partial charge >= 0.3 is 0 Å². The fraction of sp³-hybridized carbons (Fsp3) is 0.0952. The minimum atomic E-state index is -0.189. The summed E-state index contributed by atoms with van der Waals surface area (Å²) in [5.74, 6) is 0.498. The number of hydrogen-bond donors (Lipinski definition) is 2. The first-order chi connectivity index (χ1) is 13.1. The highest BCUT2D eigenvalue weighted by Crippen LogP contribution is 2.22. The van der Waals surface area contributed by atoms with Gasteiger partial charge in [0.1, 0.15) is 12.4 Å². The maximum atomic E-state index is 12.2. The minimum absolute atomic E-state index is 0.0891. The van der Waals surface area contributed by atoms with E-state index >= 15 is 0 Å². The van der Waals surface area contributed by atoms with Crippen molar-refractivity contribution < 1.29 is 9.53 Å². The van der Waals surface area contributed by atoms with Crippen molar-refractivity contribution in [2.24, 2.45) is 0 Å². The van der Waals surface area contributed by atoms with E-state index in [-0.39, 0.29) is 12.5 Å². The first kappa shape index (κ1) is 19.1. The van der Waals surface area contributed by atoms with E-state index in [1.54, 1.807) is 24.3 Å². The SMILES string of the molecule is O=C(CNc1cc(Cl)cc(Cl)c1)Nc1cccc(OCc2ccccc2)c1. The van der Waals surface area contributed by atoms with E-state index in [0.29, 0.717) is 33.8 Å². The van der Waals surface area contributed by atoms with Gasteiger partial charge in [-0.15, -0.1) is 0 Å². The lowest BCUT2D eigenvalue weighted by molar-refractivity contribution is -0.114. The van der Waals surface area contributed by atoms with Crippen molar-refractivity contribution in [3.8, 4) is 5.75 Å². The lowest BCUT2D eigenvalue weighted by Gasteiger charge is -2.11. The predicted molar refractivity (Wildman–Crippen MR) is 111 cm³/mol. The van der Waals surface area contributed by atoms with Crippen molar-refractivity contribution in [2.45, 2.75) is 6.61 Å². The molecule has 6 heteroatoms. The van der Waals surface area contributed by atoms with Crippen molar-refractivity contribution in [1.82, 2.24) is 0 Å². The largest absolute Gasteiger partial charge is 0.489 e. The summed E-state index contributed by atoms with van der Waals surface area (Å²) in [5.41, 5.74) is 2.43. The molecule has 2 N–H and O–H groups in total. The van der Waals surface area contributed by atoms with Gasteiger partial charge in [-0.05, 0) is 35.9 Å². The Bertz CT molecular complexity index is 897. The van der Waals surface area contributed by atoms with Gasteiger partial charge in [-0.1, -0.05) is 59.6 Å². The number of carbonyl (C=O) groups excluding carboxylic acids is 1. The molecule has 3 rings (SSSR count). The van der Waals surface area contributed by atoms with Crippen LogP contribution in [0.2, 0.25) is 10.0 Å². The first-order valence-electron chi connectivity index (χ1n) is 8.35. The second-order valence-electron chi connectivity index (χ2n) is 5.86. The molecule has 0 aromatic heterocycles. The molecule has 0 aliphatic carbocycles. The molecule has 138 valence electrons. The number of benzene rings is 3. The summed E-state index contributed by atoms with van der Waals surface area (Å²) in [6.07, 6.45) is 0. The first-order valence-corrected chi connectivity index (χ1v) is 9.11. The molecule has 27 heavy (non-hydrogen) atoms. The van der Waals surface area contributed by atoms with Gasteiger partial charge in [0.2, 0.25) is 5.91 Å². The molecule has 0 atom stereocenters. The lowest BCUT2D eigenvalue weighted by atomic mass is 10.2. The molecule has 0 aliphatic heterocycles. The maximum absolute atomic E-state index is 12.2. The zero-order chi connectivity index (χ0) is 19.1. The lowest BCUT2D eigenvalue weighted by Crippen LogP contribution is -2.21. The Morgan fingerprint density at radius 1 is 0.852 bits per heavy atom. The number of carbonyl (C=O) groups is 1. The number of rotatable bonds is 7.